The number of nitrogens with two attached hydrogens (primary N) is 4. The number of benzene rings is 2. The third kappa shape index (κ3) is 37.4. The number of guanidine groups is 2. The van der Waals surface area contributed by atoms with Crippen LogP contribution >= 0.6 is 25.3 Å². The van der Waals surface area contributed by atoms with Crippen LogP contribution in [0.4, 0.5) is 0 Å². The van der Waals surface area contributed by atoms with Crippen molar-refractivity contribution in [3.05, 3.63) is 65.7 Å². The first-order chi connectivity index (χ1) is 58.9. The maximum atomic E-state index is 14.4. The van der Waals surface area contributed by atoms with Crippen molar-refractivity contribution in [1.82, 2.24) is 90.0 Å². The average molecular weight is 1800 g/mol. The molecule has 5 unspecified atom stereocenters. The summed E-state index contributed by atoms with van der Waals surface area (Å²) in [6, 6.07) is -7.96. The highest BCUT2D eigenvalue weighted by Gasteiger charge is 2.44. The predicted molar refractivity (Wildman–Crippen MR) is 456 cm³/mol. The number of aliphatic hydroxyl groups excluding tert-OH is 2. The predicted octanol–water partition coefficient (Wildman–Crippen LogP) is -8.51. The number of hydrogen-bond acceptors (Lipinski definition) is 26. The number of thiol groups is 2. The molecule has 2 aromatic carbocycles. The molecule has 16 atom stereocenters. The van der Waals surface area contributed by atoms with Gasteiger partial charge in [-0.1, -0.05) is 90.4 Å². The van der Waals surface area contributed by atoms with Crippen LogP contribution in [-0.4, -0.2) is 290 Å². The highest BCUT2D eigenvalue weighted by molar-refractivity contribution is 7.80. The average Bonchev–Trinajstić information content (AvgIpc) is 1.66. The summed E-state index contributed by atoms with van der Waals surface area (Å²) in [7, 11) is 0. The Morgan fingerprint density at radius 3 is 1.32 bits per heavy atom. The normalized spacial score (nSPS) is 16.3. The Hall–Kier alpha value is -12.2. The smallest absolute Gasteiger partial charge is 0.326 e. The molecule has 1 saturated heterocycles. The number of carboxylic acids is 2. The Bertz CT molecular complexity index is 4080. The van der Waals surface area contributed by atoms with E-state index in [1.54, 1.807) is 65.0 Å². The van der Waals surface area contributed by atoms with Crippen molar-refractivity contribution in [2.24, 2.45) is 40.7 Å². The van der Waals surface area contributed by atoms with E-state index in [0.717, 1.165) is 0 Å². The van der Waals surface area contributed by atoms with E-state index in [0.29, 0.717) is 17.5 Å². The van der Waals surface area contributed by atoms with Crippen molar-refractivity contribution >= 4 is 144 Å². The zero-order valence-corrected chi connectivity index (χ0v) is 72.3. The number of aliphatic hydroxyl groups is 2. The van der Waals surface area contributed by atoms with Gasteiger partial charge < -0.3 is 138 Å². The van der Waals surface area contributed by atoms with Crippen molar-refractivity contribution in [3.8, 4) is 5.75 Å². The van der Waals surface area contributed by atoms with Gasteiger partial charge in [-0.15, -0.1) is 0 Å². The maximum Gasteiger partial charge on any atom is 0.326 e. The molecule has 31 N–H and O–H groups in total. The monoisotopic (exact) mass is 1800 g/mol. The van der Waals surface area contributed by atoms with Crippen LogP contribution in [0.5, 0.6) is 5.75 Å². The highest BCUT2D eigenvalue weighted by Crippen LogP contribution is 2.25. The number of hydrogen-bond donors (Lipinski definition) is 29. The summed E-state index contributed by atoms with van der Waals surface area (Å²) in [6.45, 7) is 7.10. The molecule has 1 heterocycles. The molecule has 0 bridgehead atoms. The van der Waals surface area contributed by atoms with E-state index in [2.05, 4.69) is 110 Å². The van der Waals surface area contributed by atoms with Gasteiger partial charge in [-0.25, -0.2) is 4.79 Å². The second-order valence-corrected chi connectivity index (χ2v) is 31.2. The molecule has 46 nitrogen and oxygen atoms in total. The number of amides is 16. The number of likely N-dealkylation sites (tertiary alicyclic amines) is 1. The number of carboxylic acid groups (broad SMARTS) is 2. The number of carbonyl (C=O) groups is 18. The molecule has 125 heavy (non-hydrogen) atoms. The van der Waals surface area contributed by atoms with Gasteiger partial charge in [0, 0.05) is 56.3 Å². The van der Waals surface area contributed by atoms with E-state index in [1.165, 1.54) is 43.0 Å². The molecule has 3 rings (SSSR count). The Morgan fingerprint density at radius 2 is 0.848 bits per heavy atom. The molecule has 0 saturated carbocycles. The Kier molecular flexibility index (Phi) is 46.6. The Morgan fingerprint density at radius 1 is 0.464 bits per heavy atom. The molecule has 0 radical (unpaired) electrons. The van der Waals surface area contributed by atoms with Crippen LogP contribution in [0.3, 0.4) is 0 Å². The first-order valence-corrected chi connectivity index (χ1v) is 41.6. The van der Waals surface area contributed by atoms with Crippen LogP contribution in [-0.2, 0) is 99.1 Å². The summed E-state index contributed by atoms with van der Waals surface area (Å²) in [4.78, 5) is 245. The first-order valence-electron chi connectivity index (χ1n) is 40.3. The summed E-state index contributed by atoms with van der Waals surface area (Å²) in [5, 5.41) is 104. The van der Waals surface area contributed by atoms with Crippen LogP contribution in [0.2, 0.25) is 0 Å². The number of aromatic hydroxyl groups is 1. The first kappa shape index (κ1) is 107. The van der Waals surface area contributed by atoms with Crippen LogP contribution in [0.1, 0.15) is 124 Å². The summed E-state index contributed by atoms with van der Waals surface area (Å²) in [6.07, 6.45) is -2.17. The van der Waals surface area contributed by atoms with Gasteiger partial charge in [0.05, 0.1) is 32.3 Å². The highest BCUT2D eigenvalue weighted by atomic mass is 32.1. The van der Waals surface area contributed by atoms with Gasteiger partial charge in [0.1, 0.15) is 84.3 Å². The molecule has 16 amide bonds. The number of primary amides is 1. The molecule has 1 fully saturated rings. The molecule has 2 aromatic rings. The molecule has 694 valence electrons. The van der Waals surface area contributed by atoms with Gasteiger partial charge in [-0.2, -0.15) is 25.3 Å². The molecular weight excluding hydrogens is 1680 g/mol. The zero-order valence-electron chi connectivity index (χ0n) is 70.5. The van der Waals surface area contributed by atoms with Gasteiger partial charge in [0.15, 0.2) is 11.9 Å². The number of nitrogens with one attached hydrogen (secondary N) is 18. The van der Waals surface area contributed by atoms with Gasteiger partial charge in [0.2, 0.25) is 94.5 Å². The van der Waals surface area contributed by atoms with E-state index in [4.69, 9.17) is 33.8 Å². The topological polar surface area (TPSA) is 756 Å². The van der Waals surface area contributed by atoms with Gasteiger partial charge in [-0.3, -0.25) is 92.3 Å². The lowest BCUT2D eigenvalue weighted by Crippen LogP contribution is -2.62. The maximum absolute atomic E-state index is 14.4. The van der Waals surface area contributed by atoms with E-state index in [-0.39, 0.29) is 69.7 Å². The lowest BCUT2D eigenvalue weighted by Gasteiger charge is -2.34. The fraction of sp³-hybridized carbons (Fsp3) is 0.584. The molecule has 1 aliphatic heterocycles. The third-order valence-electron chi connectivity index (χ3n) is 19.8. The zero-order chi connectivity index (χ0) is 94.1. The lowest BCUT2D eigenvalue weighted by molar-refractivity contribution is -0.142. The molecular formula is C77H121N23O23S2. The Labute approximate surface area is 732 Å². The third-order valence-corrected chi connectivity index (χ3v) is 20.5. The Balaban J connectivity index is 1.75. The summed E-state index contributed by atoms with van der Waals surface area (Å²) in [5.74, 6) is -22.9. The SMILES string of the molecule is CC[C@H](C)[C@H](NC(=O)[C@H](CCCNC(=N)N)N1C(=O)[C@@H](N)CC1C)C(=O)N[C@H](C(=O)N[C@@H](CCC(N)=O)C(=O)N[C@@H](CS)C(=O)NC(CCCNC(=N)N)C(=O)NC(CO)C(=O)N[C@H](C(=O)NC(CCC(=O)O)C(=O)NCC(=O)N[C@@H](CO)C(=O)N[C@@H](CS)C(=O)NCC(=O)NC(Cc1ccccc1)C(=O)N[C@@H](Cc1ccc(O)cc1)C(=O)O)C(C)C)C(C)C. The largest absolute Gasteiger partial charge is 0.508 e. The quantitative estimate of drug-likeness (QED) is 0.0127. The van der Waals surface area contributed by atoms with E-state index in [1.807, 2.05) is 0 Å². The number of phenols is 1. The van der Waals surface area contributed by atoms with Crippen molar-refractivity contribution in [2.45, 2.75) is 216 Å². The second-order valence-electron chi connectivity index (χ2n) is 30.4. The summed E-state index contributed by atoms with van der Waals surface area (Å²) < 4.78 is 0. The van der Waals surface area contributed by atoms with E-state index < -0.39 is 284 Å². The minimum absolute atomic E-state index is 0.0394. The molecule has 0 aromatic heterocycles. The number of nitrogens with zero attached hydrogens (tertiary/aromatic N) is 1. The number of carbonyl (C=O) groups excluding carboxylic acids is 16. The standard InChI is InChI=1S/C77H121N23O23S2/c1-8-39(6)61(99-70(117)54(17-13-27-85-77(82)83)100-40(7)28-44(78)74(100)121)73(120)98-60(38(4)5)72(119)92-47(22-24-55(79)104)65(112)96-53(36-125)69(116)90-45(16-12-26-84-76(80)81)64(111)94-51(34-102)68(115)97-59(37(2)3)71(118)91-46(23-25-58(107)108)62(109)86-32-57(106)89-50(33-101)67(114)95-52(35-124)63(110)87-31-56(105)88-48(29-41-14-10-9-11-15-41)66(113)93-49(75(122)123)30-42-18-20-43(103)21-19-42/h9-11,14-15,18-21,37-40,44-54,59-61,101-103,124-125H,8,12-13,16-17,22-36,78H2,1-7H3,(H2,79,104)(H,86,109)(H,87,110)(H,88,105)(H,89,106)(H,90,116)(H,91,118)(H,92,119)(H,93,113)(H,94,111)(H,95,114)(H,96,112)(H,97,115)(H,98,120)(H,99,117)(H,107,108)(H,122,123)(H4,80,81,84)(H4,82,83,85)/t39-,40?,44-,45?,46?,47-,48?,49-,50-,51?,52-,53-,54-,59-,60-,61-/m0/s1. The summed E-state index contributed by atoms with van der Waals surface area (Å²) >= 11 is 8.34. The van der Waals surface area contributed by atoms with Crippen LogP contribution in [0, 0.1) is 28.6 Å². The van der Waals surface area contributed by atoms with Gasteiger partial charge in [0.25, 0.3) is 0 Å². The van der Waals surface area contributed by atoms with E-state index >= 15 is 0 Å². The van der Waals surface area contributed by atoms with Crippen LogP contribution in [0.15, 0.2) is 54.6 Å². The minimum atomic E-state index is -1.93. The van der Waals surface area contributed by atoms with Crippen molar-refractivity contribution in [3.63, 3.8) is 0 Å². The molecule has 0 spiro atoms. The van der Waals surface area contributed by atoms with Gasteiger partial charge >= 0.3 is 11.9 Å². The van der Waals surface area contributed by atoms with Crippen LogP contribution in [0.25, 0.3) is 0 Å². The number of rotatable bonds is 56. The number of phenolic OH excluding ortho intramolecular Hbond substituents is 1. The van der Waals surface area contributed by atoms with Crippen molar-refractivity contribution in [1.29, 1.82) is 10.8 Å². The number of aliphatic carboxylic acids is 2. The van der Waals surface area contributed by atoms with E-state index in [9.17, 15) is 112 Å². The minimum Gasteiger partial charge on any atom is -0.508 e. The molecule has 48 heteroatoms. The fourth-order valence-corrected chi connectivity index (χ4v) is 13.1. The van der Waals surface area contributed by atoms with Gasteiger partial charge in [-0.05, 0) is 92.9 Å². The van der Waals surface area contributed by atoms with Crippen molar-refractivity contribution in [2.75, 3.05) is 50.9 Å². The molecule has 0 aliphatic carbocycles. The lowest BCUT2D eigenvalue weighted by atomic mass is 9.95. The van der Waals surface area contributed by atoms with Crippen LogP contribution < -0.4 is 108 Å². The fourth-order valence-electron chi connectivity index (χ4n) is 12.6. The summed E-state index contributed by atoms with van der Waals surface area (Å²) in [5.41, 5.74) is 23.5. The second kappa shape index (κ2) is 54.4. The van der Waals surface area contributed by atoms with Crippen molar-refractivity contribution < 1.29 is 112 Å². The molecule has 1 aliphatic rings.